The number of hydrogen-bond acceptors (Lipinski definition) is 2. The molecule has 2 N–H and O–H groups in total. The van der Waals surface area contributed by atoms with Crippen molar-refractivity contribution in [2.45, 2.75) is 6.42 Å². The van der Waals surface area contributed by atoms with E-state index in [1.807, 2.05) is 0 Å². The van der Waals surface area contributed by atoms with E-state index in [1.165, 1.54) is 0 Å². The van der Waals surface area contributed by atoms with Crippen molar-refractivity contribution in [2.75, 3.05) is 12.9 Å². The fourth-order valence-electron chi connectivity index (χ4n) is 0.369. The third kappa shape index (κ3) is 5.37. The molecule has 0 spiro atoms. The van der Waals surface area contributed by atoms with E-state index in [0.29, 0.717) is 18.0 Å². The number of halogens is 1. The summed E-state index contributed by atoms with van der Waals surface area (Å²) < 4.78 is 0. The molecule has 0 aliphatic heterocycles. The first-order chi connectivity index (χ1) is 4.31. The standard InChI is InChI=1S/C6H11ClN2/c1-9-5-3-6(8)2-4-7/h3,5,8-9H,2,4H2,1H3/b5-3-,8-6?. The second kappa shape index (κ2) is 5.63. The van der Waals surface area contributed by atoms with Crippen molar-refractivity contribution in [1.82, 2.24) is 5.32 Å². The van der Waals surface area contributed by atoms with Crippen LogP contribution in [0.1, 0.15) is 6.42 Å². The molecule has 52 valence electrons. The molecule has 0 atom stereocenters. The highest BCUT2D eigenvalue weighted by Crippen LogP contribution is 1.87. The van der Waals surface area contributed by atoms with Crippen LogP contribution in [0.2, 0.25) is 0 Å². The van der Waals surface area contributed by atoms with Crippen molar-refractivity contribution in [3.63, 3.8) is 0 Å². The molecule has 0 amide bonds. The molecule has 0 aromatic carbocycles. The second-order valence-electron chi connectivity index (χ2n) is 1.59. The van der Waals surface area contributed by atoms with E-state index in [0.717, 1.165) is 0 Å². The van der Waals surface area contributed by atoms with Crippen LogP contribution in [-0.4, -0.2) is 18.6 Å². The van der Waals surface area contributed by atoms with Gasteiger partial charge in [-0.15, -0.1) is 11.6 Å². The van der Waals surface area contributed by atoms with E-state index >= 15 is 0 Å². The molecular weight excluding hydrogens is 136 g/mol. The predicted molar refractivity (Wildman–Crippen MR) is 41.3 cm³/mol. The number of alkyl halides is 1. The number of allylic oxidation sites excluding steroid dienone is 1. The summed E-state index contributed by atoms with van der Waals surface area (Å²) in [6.07, 6.45) is 4.05. The van der Waals surface area contributed by atoms with Crippen molar-refractivity contribution in [3.05, 3.63) is 12.3 Å². The zero-order chi connectivity index (χ0) is 7.11. The quantitative estimate of drug-likeness (QED) is 0.456. The van der Waals surface area contributed by atoms with Gasteiger partial charge in [-0.05, 0) is 12.3 Å². The predicted octanol–water partition coefficient (Wildman–Crippen LogP) is 1.37. The maximum absolute atomic E-state index is 7.18. The Balaban J connectivity index is 3.37. The summed E-state index contributed by atoms with van der Waals surface area (Å²) in [7, 11) is 1.80. The highest BCUT2D eigenvalue weighted by molar-refractivity contribution is 6.19. The van der Waals surface area contributed by atoms with Gasteiger partial charge in [0.15, 0.2) is 0 Å². The van der Waals surface area contributed by atoms with Gasteiger partial charge < -0.3 is 10.7 Å². The first-order valence-electron chi connectivity index (χ1n) is 2.78. The summed E-state index contributed by atoms with van der Waals surface area (Å²) in [5, 5.41) is 9.97. The van der Waals surface area contributed by atoms with Gasteiger partial charge in [-0.3, -0.25) is 0 Å². The van der Waals surface area contributed by atoms with E-state index in [-0.39, 0.29) is 0 Å². The minimum atomic E-state index is 0.521. The van der Waals surface area contributed by atoms with Crippen molar-refractivity contribution in [3.8, 4) is 0 Å². The van der Waals surface area contributed by atoms with Gasteiger partial charge in [0, 0.05) is 25.1 Å². The minimum absolute atomic E-state index is 0.521. The maximum atomic E-state index is 7.18. The zero-order valence-electron chi connectivity index (χ0n) is 5.45. The van der Waals surface area contributed by atoms with Crippen LogP contribution in [0, 0.1) is 5.41 Å². The molecule has 0 aliphatic carbocycles. The van der Waals surface area contributed by atoms with Gasteiger partial charge in [-0.25, -0.2) is 0 Å². The second-order valence-corrected chi connectivity index (χ2v) is 1.96. The molecule has 3 heteroatoms. The normalized spacial score (nSPS) is 10.0. The molecule has 0 aromatic heterocycles. The molecule has 2 nitrogen and oxygen atoms in total. The first kappa shape index (κ1) is 8.50. The molecule has 9 heavy (non-hydrogen) atoms. The summed E-state index contributed by atoms with van der Waals surface area (Å²) in [6.45, 7) is 0. The highest BCUT2D eigenvalue weighted by atomic mass is 35.5. The molecule has 0 radical (unpaired) electrons. The van der Waals surface area contributed by atoms with Gasteiger partial charge in [0.1, 0.15) is 0 Å². The smallest absolute Gasteiger partial charge is 0.0340 e. The van der Waals surface area contributed by atoms with Crippen molar-refractivity contribution in [1.29, 1.82) is 5.41 Å². The van der Waals surface area contributed by atoms with E-state index < -0.39 is 0 Å². The Kier molecular flexibility index (Phi) is 5.32. The molecule has 0 rings (SSSR count). The van der Waals surface area contributed by atoms with E-state index in [9.17, 15) is 0 Å². The van der Waals surface area contributed by atoms with Crippen LogP contribution in [0.4, 0.5) is 0 Å². The summed E-state index contributed by atoms with van der Waals surface area (Å²) >= 11 is 5.38. The number of rotatable bonds is 4. The third-order valence-electron chi connectivity index (χ3n) is 0.815. The molecule has 0 fully saturated rings. The van der Waals surface area contributed by atoms with Crippen LogP contribution in [0.5, 0.6) is 0 Å². The van der Waals surface area contributed by atoms with Crippen molar-refractivity contribution < 1.29 is 0 Å². The van der Waals surface area contributed by atoms with Crippen LogP contribution >= 0.6 is 11.6 Å². The molecule has 0 saturated carbocycles. The Morgan fingerprint density at radius 3 is 2.89 bits per heavy atom. The lowest BCUT2D eigenvalue weighted by atomic mass is 10.3. The monoisotopic (exact) mass is 146 g/mol. The molecule has 0 unspecified atom stereocenters. The molecular formula is C6H11ClN2. The average Bonchev–Trinajstić information content (AvgIpc) is 1.85. The maximum Gasteiger partial charge on any atom is 0.0340 e. The topological polar surface area (TPSA) is 35.9 Å². The molecule has 0 heterocycles. The van der Waals surface area contributed by atoms with Gasteiger partial charge in [0.25, 0.3) is 0 Å². The third-order valence-corrected chi connectivity index (χ3v) is 1.00. The Morgan fingerprint density at radius 2 is 2.44 bits per heavy atom. The molecule has 0 aromatic rings. The minimum Gasteiger partial charge on any atom is -0.394 e. The van der Waals surface area contributed by atoms with Gasteiger partial charge in [0.2, 0.25) is 0 Å². The van der Waals surface area contributed by atoms with Crippen LogP contribution in [0.25, 0.3) is 0 Å². The van der Waals surface area contributed by atoms with Gasteiger partial charge in [0.05, 0.1) is 0 Å². The average molecular weight is 147 g/mol. The van der Waals surface area contributed by atoms with E-state index in [4.69, 9.17) is 17.0 Å². The summed E-state index contributed by atoms with van der Waals surface area (Å²) in [4.78, 5) is 0. The fraction of sp³-hybridized carbons (Fsp3) is 0.500. The molecule has 0 aliphatic rings. The van der Waals surface area contributed by atoms with Crippen LogP contribution < -0.4 is 5.32 Å². The van der Waals surface area contributed by atoms with Crippen molar-refractivity contribution in [2.24, 2.45) is 0 Å². The van der Waals surface area contributed by atoms with Gasteiger partial charge in [-0.2, -0.15) is 0 Å². The van der Waals surface area contributed by atoms with Crippen LogP contribution in [-0.2, 0) is 0 Å². The summed E-state index contributed by atoms with van der Waals surface area (Å²) in [5.41, 5.74) is 0.555. The SMILES string of the molecule is CN/C=C\C(=N)CCCl. The lowest BCUT2D eigenvalue weighted by Gasteiger charge is -1.90. The van der Waals surface area contributed by atoms with Crippen LogP contribution in [0.3, 0.4) is 0 Å². The number of nitrogens with one attached hydrogen (secondary N) is 2. The molecule has 0 bridgehead atoms. The Labute approximate surface area is 60.4 Å². The summed E-state index contributed by atoms with van der Waals surface area (Å²) in [5.74, 6) is 0.521. The Bertz CT molecular complexity index is 110. The largest absolute Gasteiger partial charge is 0.394 e. The highest BCUT2D eigenvalue weighted by Gasteiger charge is 1.86. The number of hydrogen-bond donors (Lipinski definition) is 2. The first-order valence-corrected chi connectivity index (χ1v) is 3.32. The van der Waals surface area contributed by atoms with Gasteiger partial charge in [-0.1, -0.05) is 0 Å². The summed E-state index contributed by atoms with van der Waals surface area (Å²) in [6, 6.07) is 0. The van der Waals surface area contributed by atoms with E-state index in [1.54, 1.807) is 19.3 Å². The van der Waals surface area contributed by atoms with Gasteiger partial charge >= 0.3 is 0 Å². The lowest BCUT2D eigenvalue weighted by Crippen LogP contribution is -1.97. The zero-order valence-corrected chi connectivity index (χ0v) is 6.20. The Hall–Kier alpha value is -0.500. The Morgan fingerprint density at radius 1 is 1.78 bits per heavy atom. The van der Waals surface area contributed by atoms with Crippen LogP contribution in [0.15, 0.2) is 12.3 Å². The van der Waals surface area contributed by atoms with Crippen molar-refractivity contribution >= 4 is 17.3 Å². The fourth-order valence-corrected chi connectivity index (χ4v) is 0.573. The molecule has 0 saturated heterocycles. The lowest BCUT2D eigenvalue weighted by molar-refractivity contribution is 1.10. The van der Waals surface area contributed by atoms with E-state index in [2.05, 4.69) is 5.32 Å².